The van der Waals surface area contributed by atoms with Gasteiger partial charge in [0.2, 0.25) is 5.95 Å². The number of nitrogens with two attached hydrogens (primary N) is 1. The van der Waals surface area contributed by atoms with Crippen molar-refractivity contribution in [1.82, 2.24) is 9.97 Å². The molecular formula is C12H7Cl2F3N4O. The number of hydrogen-bond donors (Lipinski definition) is 1. The molecule has 0 unspecified atom stereocenters. The minimum absolute atomic E-state index is 0.0406. The van der Waals surface area contributed by atoms with Gasteiger partial charge in [-0.05, 0) is 24.3 Å². The summed E-state index contributed by atoms with van der Waals surface area (Å²) in [6, 6.07) is 3.96. The molecule has 1 aromatic heterocycles. The number of rotatable bonds is 2. The Labute approximate surface area is 132 Å². The Morgan fingerprint density at radius 2 is 1.59 bits per heavy atom. The predicted molar refractivity (Wildman–Crippen MR) is 75.2 cm³/mol. The zero-order valence-electron chi connectivity index (χ0n) is 10.6. The Morgan fingerprint density at radius 1 is 1.09 bits per heavy atom. The van der Waals surface area contributed by atoms with E-state index in [1.54, 1.807) is 0 Å². The van der Waals surface area contributed by atoms with E-state index < -0.39 is 17.8 Å². The van der Waals surface area contributed by atoms with E-state index in [-0.39, 0.29) is 21.9 Å². The molecule has 0 aliphatic rings. The number of aromatic nitrogens is 2. The summed E-state index contributed by atoms with van der Waals surface area (Å²) < 4.78 is 37.6. The number of benzene rings is 1. The van der Waals surface area contributed by atoms with Crippen LogP contribution in [-0.4, -0.2) is 16.0 Å². The van der Waals surface area contributed by atoms with Crippen LogP contribution in [0, 0.1) is 0 Å². The average Bonchev–Trinajstić information content (AvgIpc) is 2.36. The minimum Gasteiger partial charge on any atom is -0.351 e. The lowest BCUT2D eigenvalue weighted by atomic mass is 10.2. The molecule has 2 amide bonds. The zero-order chi connectivity index (χ0) is 16.5. The second kappa shape index (κ2) is 5.98. The molecule has 0 atom stereocenters. The molecule has 1 aromatic carbocycles. The minimum atomic E-state index is -4.49. The SMILES string of the molecule is NC(=O)N(c1ccc(C(F)(F)F)cc1)c1nc(Cl)cc(Cl)n1. The van der Waals surface area contributed by atoms with Crippen molar-refractivity contribution in [3.05, 3.63) is 46.2 Å². The quantitative estimate of drug-likeness (QED) is 0.831. The van der Waals surface area contributed by atoms with Crippen LogP contribution in [0.5, 0.6) is 0 Å². The van der Waals surface area contributed by atoms with E-state index in [2.05, 4.69) is 9.97 Å². The van der Waals surface area contributed by atoms with Crippen LogP contribution in [0.3, 0.4) is 0 Å². The van der Waals surface area contributed by atoms with Gasteiger partial charge >= 0.3 is 12.2 Å². The maximum atomic E-state index is 12.5. The van der Waals surface area contributed by atoms with Gasteiger partial charge in [-0.3, -0.25) is 0 Å². The van der Waals surface area contributed by atoms with E-state index >= 15 is 0 Å². The normalized spacial score (nSPS) is 11.3. The molecule has 2 N–H and O–H groups in total. The van der Waals surface area contributed by atoms with E-state index in [1.807, 2.05) is 0 Å². The smallest absolute Gasteiger partial charge is 0.351 e. The Morgan fingerprint density at radius 3 is 2.00 bits per heavy atom. The van der Waals surface area contributed by atoms with Crippen LogP contribution >= 0.6 is 23.2 Å². The summed E-state index contributed by atoms with van der Waals surface area (Å²) in [5.41, 5.74) is 4.39. The first-order valence-corrected chi connectivity index (χ1v) is 6.41. The van der Waals surface area contributed by atoms with Gasteiger partial charge in [0.1, 0.15) is 10.3 Å². The standard InChI is InChI=1S/C12H7Cl2F3N4O/c13-8-5-9(14)20-11(19-8)21(10(18)22)7-3-1-6(2-4-7)12(15,16)17/h1-5H,(H2,18,22). The molecule has 2 aromatic rings. The molecule has 0 bridgehead atoms. The van der Waals surface area contributed by atoms with Crippen molar-refractivity contribution >= 4 is 40.9 Å². The summed E-state index contributed by atoms with van der Waals surface area (Å²) in [6.07, 6.45) is -4.49. The first-order chi connectivity index (χ1) is 10.2. The van der Waals surface area contributed by atoms with Crippen molar-refractivity contribution in [2.24, 2.45) is 5.73 Å². The fraction of sp³-hybridized carbons (Fsp3) is 0.0833. The van der Waals surface area contributed by atoms with Gasteiger partial charge in [-0.1, -0.05) is 23.2 Å². The van der Waals surface area contributed by atoms with Crippen LogP contribution in [0.25, 0.3) is 0 Å². The first-order valence-electron chi connectivity index (χ1n) is 5.65. The highest BCUT2D eigenvalue weighted by atomic mass is 35.5. The molecular weight excluding hydrogens is 344 g/mol. The number of amides is 2. The molecule has 0 fully saturated rings. The Hall–Kier alpha value is -2.06. The lowest BCUT2D eigenvalue weighted by molar-refractivity contribution is -0.137. The number of halogens is 5. The van der Waals surface area contributed by atoms with Gasteiger partial charge in [0.15, 0.2) is 0 Å². The van der Waals surface area contributed by atoms with E-state index in [1.165, 1.54) is 6.07 Å². The molecule has 22 heavy (non-hydrogen) atoms. The van der Waals surface area contributed by atoms with Gasteiger partial charge in [0, 0.05) is 6.07 Å². The summed E-state index contributed by atoms with van der Waals surface area (Å²) >= 11 is 11.4. The topological polar surface area (TPSA) is 72.1 Å². The highest BCUT2D eigenvalue weighted by Gasteiger charge is 2.30. The Bertz CT molecular complexity index is 686. The number of urea groups is 1. The number of alkyl halides is 3. The van der Waals surface area contributed by atoms with Crippen LogP contribution in [0.15, 0.2) is 30.3 Å². The summed E-state index contributed by atoms with van der Waals surface area (Å²) in [5.74, 6) is -0.246. The average molecular weight is 351 g/mol. The Balaban J connectivity index is 2.46. The number of anilines is 2. The van der Waals surface area contributed by atoms with E-state index in [0.29, 0.717) is 0 Å². The highest BCUT2D eigenvalue weighted by molar-refractivity contribution is 6.33. The van der Waals surface area contributed by atoms with Crippen LogP contribution in [0.2, 0.25) is 10.3 Å². The highest BCUT2D eigenvalue weighted by Crippen LogP contribution is 2.32. The third-order valence-corrected chi connectivity index (χ3v) is 2.91. The molecule has 116 valence electrons. The van der Waals surface area contributed by atoms with Crippen molar-refractivity contribution in [1.29, 1.82) is 0 Å². The third kappa shape index (κ3) is 3.58. The van der Waals surface area contributed by atoms with E-state index in [9.17, 15) is 18.0 Å². The lowest BCUT2D eigenvalue weighted by Crippen LogP contribution is -2.33. The number of primary amides is 1. The summed E-state index contributed by atoms with van der Waals surface area (Å²) in [6.45, 7) is 0. The van der Waals surface area contributed by atoms with Crippen LogP contribution in [0.1, 0.15) is 5.56 Å². The summed E-state index contributed by atoms with van der Waals surface area (Å²) in [7, 11) is 0. The molecule has 1 heterocycles. The van der Waals surface area contributed by atoms with Crippen LogP contribution in [0.4, 0.5) is 29.6 Å². The second-order valence-electron chi connectivity index (χ2n) is 4.03. The third-order valence-electron chi connectivity index (χ3n) is 2.53. The molecule has 10 heteroatoms. The van der Waals surface area contributed by atoms with Crippen LogP contribution in [-0.2, 0) is 6.18 Å². The molecule has 0 spiro atoms. The summed E-state index contributed by atoms with van der Waals surface area (Å²) in [5, 5.41) is -0.0960. The van der Waals surface area contributed by atoms with E-state index in [0.717, 1.165) is 29.2 Å². The molecule has 0 radical (unpaired) electrons. The Kier molecular flexibility index (Phi) is 4.43. The van der Waals surface area contributed by atoms with Gasteiger partial charge in [0.05, 0.1) is 11.3 Å². The fourth-order valence-corrected chi connectivity index (χ4v) is 2.03. The van der Waals surface area contributed by atoms with Crippen molar-refractivity contribution < 1.29 is 18.0 Å². The van der Waals surface area contributed by atoms with Gasteiger partial charge in [-0.15, -0.1) is 0 Å². The number of carbonyl (C=O) groups excluding carboxylic acids is 1. The molecule has 0 saturated carbocycles. The van der Waals surface area contributed by atoms with E-state index in [4.69, 9.17) is 28.9 Å². The molecule has 2 rings (SSSR count). The first kappa shape index (κ1) is 16.3. The zero-order valence-corrected chi connectivity index (χ0v) is 12.1. The molecule has 5 nitrogen and oxygen atoms in total. The maximum absolute atomic E-state index is 12.5. The van der Waals surface area contributed by atoms with Gasteiger partial charge in [0.25, 0.3) is 0 Å². The van der Waals surface area contributed by atoms with Gasteiger partial charge in [-0.25, -0.2) is 19.7 Å². The van der Waals surface area contributed by atoms with Gasteiger partial charge < -0.3 is 5.73 Å². The van der Waals surface area contributed by atoms with Crippen molar-refractivity contribution in [3.8, 4) is 0 Å². The molecule has 0 saturated heterocycles. The van der Waals surface area contributed by atoms with Crippen LogP contribution < -0.4 is 10.6 Å². The number of carbonyl (C=O) groups is 1. The van der Waals surface area contributed by atoms with Gasteiger partial charge in [-0.2, -0.15) is 13.2 Å². The monoisotopic (exact) mass is 350 g/mol. The van der Waals surface area contributed by atoms with Crippen molar-refractivity contribution in [2.45, 2.75) is 6.18 Å². The predicted octanol–water partition coefficient (Wildman–Crippen LogP) is 4.02. The number of hydrogen-bond acceptors (Lipinski definition) is 3. The number of nitrogens with zero attached hydrogens (tertiary/aromatic N) is 3. The second-order valence-corrected chi connectivity index (χ2v) is 4.81. The fourth-order valence-electron chi connectivity index (χ4n) is 1.62. The van der Waals surface area contributed by atoms with Crippen molar-refractivity contribution in [2.75, 3.05) is 4.90 Å². The summed E-state index contributed by atoms with van der Waals surface area (Å²) in [4.78, 5) is 19.9. The molecule has 0 aliphatic heterocycles. The lowest BCUT2D eigenvalue weighted by Gasteiger charge is -2.19. The maximum Gasteiger partial charge on any atom is 0.416 e. The van der Waals surface area contributed by atoms with Crippen molar-refractivity contribution in [3.63, 3.8) is 0 Å². The largest absolute Gasteiger partial charge is 0.416 e. The molecule has 0 aliphatic carbocycles.